The van der Waals surface area contributed by atoms with Crippen LogP contribution in [0.5, 0.6) is 0 Å². The van der Waals surface area contributed by atoms with E-state index in [9.17, 15) is 28.8 Å². The summed E-state index contributed by atoms with van der Waals surface area (Å²) in [5.74, 6) is -2.61. The first-order valence-corrected chi connectivity index (χ1v) is 16.9. The van der Waals surface area contributed by atoms with Crippen molar-refractivity contribution in [2.24, 2.45) is 17.1 Å². The second kappa shape index (κ2) is 20.3. The Bertz CT molecular complexity index is 1250. The fourth-order valence-electron chi connectivity index (χ4n) is 4.57. The van der Waals surface area contributed by atoms with Crippen molar-refractivity contribution in [2.45, 2.75) is 125 Å². The van der Waals surface area contributed by atoms with Crippen molar-refractivity contribution in [1.29, 1.82) is 0 Å². The molecule has 0 aliphatic carbocycles. The van der Waals surface area contributed by atoms with Crippen LogP contribution < -0.4 is 37.6 Å². The van der Waals surface area contributed by atoms with Gasteiger partial charge in [0.25, 0.3) is 0 Å². The third-order valence-electron chi connectivity index (χ3n) is 7.32. The minimum Gasteiger partial charge on any atom is -0.460 e. The molecular weight excluding hydrogens is 630 g/mol. The molecule has 0 radical (unpaired) electrons. The van der Waals surface area contributed by atoms with E-state index in [4.69, 9.17) is 10.5 Å². The molecule has 14 heteroatoms. The van der Waals surface area contributed by atoms with Crippen LogP contribution in [0.25, 0.3) is 0 Å². The summed E-state index contributed by atoms with van der Waals surface area (Å²) in [5, 5.41) is 16.9. The summed E-state index contributed by atoms with van der Waals surface area (Å²) in [6.45, 7) is 17.4. The Balaban J connectivity index is 3.00. The lowest BCUT2D eigenvalue weighted by molar-refractivity contribution is -0.154. The number of hydrogen-bond donors (Lipinski definition) is 7. The van der Waals surface area contributed by atoms with Crippen LogP contribution in [0, 0.1) is 11.3 Å². The molecule has 0 aliphatic heterocycles. The molecule has 14 nitrogen and oxygen atoms in total. The van der Waals surface area contributed by atoms with Crippen molar-refractivity contribution in [3.63, 3.8) is 0 Å². The Morgan fingerprint density at radius 3 is 1.88 bits per heavy atom. The molecule has 8 N–H and O–H groups in total. The summed E-state index contributed by atoms with van der Waals surface area (Å²) < 4.78 is 5.34. The maximum Gasteiger partial charge on any atom is 0.312 e. The molecule has 0 fully saturated rings. The Morgan fingerprint density at radius 2 is 1.35 bits per heavy atom. The van der Waals surface area contributed by atoms with Gasteiger partial charge in [-0.3, -0.25) is 24.0 Å². The average molecular weight is 690 g/mol. The molecule has 0 aliphatic rings. The largest absolute Gasteiger partial charge is 0.460 e. The fraction of sp³-hybridized carbons (Fsp3) is 0.657. The SMILES string of the molecule is CC(=O)N[C@@H](CCCCNC(C)(C)C)C(=O)NC(C(=O)N[C@@H](CCCNC(N)=O)C(=O)Nc1ccc(COC(=O)C(C)(C)C)cc1)C(C)C. The van der Waals surface area contributed by atoms with Gasteiger partial charge in [0, 0.05) is 24.7 Å². The van der Waals surface area contributed by atoms with Gasteiger partial charge >= 0.3 is 12.0 Å². The second-order valence-corrected chi connectivity index (χ2v) is 14.7. The molecule has 49 heavy (non-hydrogen) atoms. The van der Waals surface area contributed by atoms with Crippen molar-refractivity contribution in [1.82, 2.24) is 26.6 Å². The van der Waals surface area contributed by atoms with E-state index in [1.807, 2.05) is 0 Å². The molecule has 0 saturated heterocycles. The Kier molecular flexibility index (Phi) is 17.8. The second-order valence-electron chi connectivity index (χ2n) is 14.7. The molecule has 1 unspecified atom stereocenters. The van der Waals surface area contributed by atoms with Crippen molar-refractivity contribution < 1.29 is 33.5 Å². The number of nitrogens with one attached hydrogen (secondary N) is 6. The first-order valence-electron chi connectivity index (χ1n) is 16.9. The number of carbonyl (C=O) groups is 6. The molecule has 0 spiro atoms. The number of urea groups is 1. The van der Waals surface area contributed by atoms with Crippen LogP contribution in [0.2, 0.25) is 0 Å². The van der Waals surface area contributed by atoms with Crippen LogP contribution in [0.1, 0.15) is 100.0 Å². The average Bonchev–Trinajstić information content (AvgIpc) is 2.98. The minimum atomic E-state index is -1.02. The van der Waals surface area contributed by atoms with Crippen LogP contribution in [0.15, 0.2) is 24.3 Å². The van der Waals surface area contributed by atoms with Crippen LogP contribution in [0.4, 0.5) is 10.5 Å². The minimum absolute atomic E-state index is 0.0339. The van der Waals surface area contributed by atoms with Crippen LogP contribution in [-0.4, -0.2) is 72.4 Å². The number of amides is 6. The molecule has 6 amide bonds. The highest BCUT2D eigenvalue weighted by Gasteiger charge is 2.31. The molecule has 1 rings (SSSR count). The van der Waals surface area contributed by atoms with E-state index in [0.717, 1.165) is 18.5 Å². The van der Waals surface area contributed by atoms with Crippen molar-refractivity contribution >= 4 is 41.3 Å². The standard InChI is InChI=1S/C35H59N7O7/c1-22(2)28(42-30(45)26(39-23(3)43)13-10-11-20-38-35(7,8)9)31(46)41-27(14-12-19-37-33(36)48)29(44)40-25-17-15-24(16-18-25)21-49-32(47)34(4,5)6/h15-18,22,26-28,38H,10-14,19-21H2,1-9H3,(H,39,43)(H,40,44)(H,41,46)(H,42,45)(H3,36,37,48)/t26-,27-,28?/m0/s1. The van der Waals surface area contributed by atoms with E-state index in [-0.39, 0.29) is 42.9 Å². The molecule has 0 heterocycles. The topological polar surface area (TPSA) is 210 Å². The lowest BCUT2D eigenvalue weighted by atomic mass is 9.97. The Morgan fingerprint density at radius 1 is 0.755 bits per heavy atom. The lowest BCUT2D eigenvalue weighted by Gasteiger charge is -2.27. The highest BCUT2D eigenvalue weighted by molar-refractivity contribution is 5.99. The molecule has 0 saturated carbocycles. The van der Waals surface area contributed by atoms with E-state index in [1.54, 1.807) is 58.9 Å². The maximum atomic E-state index is 13.6. The number of nitrogens with two attached hydrogens (primary N) is 1. The van der Waals surface area contributed by atoms with Gasteiger partial charge in [-0.2, -0.15) is 0 Å². The third kappa shape index (κ3) is 18.2. The normalized spacial score (nSPS) is 13.4. The summed E-state index contributed by atoms with van der Waals surface area (Å²) in [6.07, 6.45) is 2.34. The van der Waals surface area contributed by atoms with Gasteiger partial charge in [0.1, 0.15) is 24.7 Å². The number of benzene rings is 1. The number of carbonyl (C=O) groups excluding carboxylic acids is 6. The Hall–Kier alpha value is -4.20. The summed E-state index contributed by atoms with van der Waals surface area (Å²) in [7, 11) is 0. The highest BCUT2D eigenvalue weighted by atomic mass is 16.5. The van der Waals surface area contributed by atoms with Gasteiger partial charge in [-0.1, -0.05) is 26.0 Å². The zero-order valence-electron chi connectivity index (χ0n) is 30.7. The number of anilines is 1. The first kappa shape index (κ1) is 42.8. The van der Waals surface area contributed by atoms with Gasteiger partial charge in [-0.05, 0) is 104 Å². The zero-order valence-corrected chi connectivity index (χ0v) is 30.7. The third-order valence-corrected chi connectivity index (χ3v) is 7.32. The summed E-state index contributed by atoms with van der Waals surface area (Å²) in [5.41, 5.74) is 5.68. The van der Waals surface area contributed by atoms with Gasteiger partial charge in [0.2, 0.25) is 23.6 Å². The Labute approximate surface area is 291 Å². The van der Waals surface area contributed by atoms with Crippen LogP contribution in [-0.2, 0) is 35.3 Å². The fourth-order valence-corrected chi connectivity index (χ4v) is 4.57. The number of ether oxygens (including phenoxy) is 1. The van der Waals surface area contributed by atoms with Gasteiger partial charge in [-0.15, -0.1) is 0 Å². The number of hydrogen-bond acceptors (Lipinski definition) is 8. The van der Waals surface area contributed by atoms with Crippen molar-refractivity contribution in [2.75, 3.05) is 18.4 Å². The number of unbranched alkanes of at least 4 members (excludes halogenated alkanes) is 1. The molecule has 3 atom stereocenters. The van der Waals surface area contributed by atoms with Gasteiger partial charge in [0.15, 0.2) is 0 Å². The van der Waals surface area contributed by atoms with Crippen molar-refractivity contribution in [3.05, 3.63) is 29.8 Å². The summed E-state index contributed by atoms with van der Waals surface area (Å²) in [6, 6.07) is 3.18. The molecule has 276 valence electrons. The van der Waals surface area contributed by atoms with Gasteiger partial charge in [0.05, 0.1) is 5.41 Å². The predicted molar refractivity (Wildman–Crippen MR) is 189 cm³/mol. The lowest BCUT2D eigenvalue weighted by Crippen LogP contribution is -2.57. The van der Waals surface area contributed by atoms with Gasteiger partial charge in [-0.25, -0.2) is 4.79 Å². The summed E-state index contributed by atoms with van der Waals surface area (Å²) >= 11 is 0. The molecule has 1 aromatic carbocycles. The van der Waals surface area contributed by atoms with E-state index in [2.05, 4.69) is 52.7 Å². The number of rotatable bonds is 19. The quantitative estimate of drug-likeness (QED) is 0.0846. The maximum absolute atomic E-state index is 13.6. The van der Waals surface area contributed by atoms with Crippen molar-refractivity contribution in [3.8, 4) is 0 Å². The van der Waals surface area contributed by atoms with E-state index >= 15 is 0 Å². The van der Waals surface area contributed by atoms with E-state index in [1.165, 1.54) is 6.92 Å². The predicted octanol–water partition coefficient (Wildman–Crippen LogP) is 2.85. The monoisotopic (exact) mass is 689 g/mol. The first-order chi connectivity index (χ1) is 22.7. The summed E-state index contributed by atoms with van der Waals surface area (Å²) in [4.78, 5) is 75.5. The smallest absolute Gasteiger partial charge is 0.312 e. The van der Waals surface area contributed by atoms with E-state index in [0.29, 0.717) is 24.9 Å². The van der Waals surface area contributed by atoms with E-state index < -0.39 is 47.3 Å². The van der Waals surface area contributed by atoms with Crippen LogP contribution >= 0.6 is 0 Å². The highest BCUT2D eigenvalue weighted by Crippen LogP contribution is 2.18. The zero-order chi connectivity index (χ0) is 37.4. The molecule has 0 bridgehead atoms. The molecule has 0 aromatic heterocycles. The number of esters is 1. The van der Waals surface area contributed by atoms with Gasteiger partial charge < -0.3 is 42.4 Å². The molecule has 1 aromatic rings. The van der Waals surface area contributed by atoms with Crippen LogP contribution in [0.3, 0.4) is 0 Å². The molecular formula is C35H59N7O7. The number of primary amides is 1.